The molecule has 178 valence electrons. The predicted molar refractivity (Wildman–Crippen MR) is 134 cm³/mol. The summed E-state index contributed by atoms with van der Waals surface area (Å²) in [6, 6.07) is 20.7. The Kier molecular flexibility index (Phi) is 6.91. The molecule has 0 fully saturated rings. The van der Waals surface area contributed by atoms with Crippen LogP contribution in [0.1, 0.15) is 28.4 Å². The van der Waals surface area contributed by atoms with E-state index in [1.165, 1.54) is 4.57 Å². The number of fused-ring (bicyclic) bond motifs is 1. The van der Waals surface area contributed by atoms with Crippen molar-refractivity contribution in [3.8, 4) is 0 Å². The van der Waals surface area contributed by atoms with E-state index in [9.17, 15) is 19.2 Å². The summed E-state index contributed by atoms with van der Waals surface area (Å²) in [6.07, 6.45) is 0. The molecule has 4 aromatic rings. The van der Waals surface area contributed by atoms with Crippen LogP contribution in [0.15, 0.2) is 82.4 Å². The highest BCUT2D eigenvalue weighted by molar-refractivity contribution is 6.01. The topological polar surface area (TPSA) is 99.4 Å². The number of hydrogen-bond acceptors (Lipinski definition) is 5. The van der Waals surface area contributed by atoms with Crippen molar-refractivity contribution in [2.75, 3.05) is 11.9 Å². The Morgan fingerprint density at radius 2 is 1.57 bits per heavy atom. The van der Waals surface area contributed by atoms with Crippen molar-refractivity contribution in [1.82, 2.24) is 9.13 Å². The standard InChI is InChI=1S/C27H25N3O5/c1-3-35-26(33)20-8-4-6-10-22(20)28-24(31)17-29-23-11-7-5-9-21(23)25(32)30(27(29)34)16-19-14-12-18(2)13-15-19/h4-15H,3,16-17H2,1-2H3,(H,28,31). The number of aromatic nitrogens is 2. The highest BCUT2D eigenvalue weighted by Crippen LogP contribution is 2.17. The van der Waals surface area contributed by atoms with Gasteiger partial charge in [0.15, 0.2) is 0 Å². The zero-order chi connectivity index (χ0) is 24.9. The molecular weight excluding hydrogens is 446 g/mol. The van der Waals surface area contributed by atoms with Crippen molar-refractivity contribution < 1.29 is 14.3 Å². The summed E-state index contributed by atoms with van der Waals surface area (Å²) in [5.41, 5.74) is 1.70. The highest BCUT2D eigenvalue weighted by atomic mass is 16.5. The van der Waals surface area contributed by atoms with Gasteiger partial charge in [0.25, 0.3) is 5.56 Å². The number of aryl methyl sites for hydroxylation is 1. The van der Waals surface area contributed by atoms with Crippen molar-refractivity contribution in [2.45, 2.75) is 26.9 Å². The Morgan fingerprint density at radius 3 is 2.31 bits per heavy atom. The van der Waals surface area contributed by atoms with E-state index in [-0.39, 0.29) is 30.9 Å². The lowest BCUT2D eigenvalue weighted by atomic mass is 10.1. The van der Waals surface area contributed by atoms with Crippen LogP contribution >= 0.6 is 0 Å². The quantitative estimate of drug-likeness (QED) is 0.417. The maximum Gasteiger partial charge on any atom is 0.340 e. The number of carbonyl (C=O) groups is 2. The molecule has 8 nitrogen and oxygen atoms in total. The molecule has 0 saturated heterocycles. The van der Waals surface area contributed by atoms with Crippen molar-refractivity contribution in [3.63, 3.8) is 0 Å². The summed E-state index contributed by atoms with van der Waals surface area (Å²) in [4.78, 5) is 51.8. The molecule has 0 aliphatic heterocycles. The minimum Gasteiger partial charge on any atom is -0.462 e. The average molecular weight is 472 g/mol. The van der Waals surface area contributed by atoms with Crippen LogP contribution in [0.4, 0.5) is 5.69 Å². The first-order chi connectivity index (χ1) is 16.9. The molecule has 1 heterocycles. The van der Waals surface area contributed by atoms with E-state index in [0.29, 0.717) is 10.9 Å². The number of nitrogens with zero attached hydrogens (tertiary/aromatic N) is 2. The van der Waals surface area contributed by atoms with Crippen LogP contribution in [0, 0.1) is 6.92 Å². The zero-order valence-corrected chi connectivity index (χ0v) is 19.5. The van der Waals surface area contributed by atoms with Gasteiger partial charge in [-0.15, -0.1) is 0 Å². The van der Waals surface area contributed by atoms with E-state index >= 15 is 0 Å². The smallest absolute Gasteiger partial charge is 0.340 e. The lowest BCUT2D eigenvalue weighted by Crippen LogP contribution is -2.42. The molecule has 0 aliphatic carbocycles. The van der Waals surface area contributed by atoms with Gasteiger partial charge in [-0.3, -0.25) is 18.7 Å². The van der Waals surface area contributed by atoms with E-state index < -0.39 is 23.1 Å². The van der Waals surface area contributed by atoms with Crippen molar-refractivity contribution in [2.24, 2.45) is 0 Å². The van der Waals surface area contributed by atoms with Crippen molar-refractivity contribution in [1.29, 1.82) is 0 Å². The number of nitrogens with one attached hydrogen (secondary N) is 1. The van der Waals surface area contributed by atoms with Gasteiger partial charge in [0.1, 0.15) is 6.54 Å². The molecule has 1 amide bonds. The van der Waals surface area contributed by atoms with Gasteiger partial charge in [-0.05, 0) is 43.7 Å². The number of para-hydroxylation sites is 2. The van der Waals surface area contributed by atoms with Gasteiger partial charge in [0.05, 0.1) is 35.3 Å². The molecule has 0 atom stereocenters. The van der Waals surface area contributed by atoms with Crippen LogP contribution in [0.2, 0.25) is 0 Å². The summed E-state index contributed by atoms with van der Waals surface area (Å²) in [6.45, 7) is 3.59. The normalized spacial score (nSPS) is 10.8. The van der Waals surface area contributed by atoms with Crippen LogP contribution in [0.3, 0.4) is 0 Å². The summed E-state index contributed by atoms with van der Waals surface area (Å²) in [7, 11) is 0. The Bertz CT molecular complexity index is 1520. The van der Waals surface area contributed by atoms with Crippen LogP contribution < -0.4 is 16.6 Å². The number of amides is 1. The molecular formula is C27H25N3O5. The molecule has 35 heavy (non-hydrogen) atoms. The number of hydrogen-bond donors (Lipinski definition) is 1. The van der Waals surface area contributed by atoms with Crippen LogP contribution in [-0.2, 0) is 22.6 Å². The predicted octanol–water partition coefficient (Wildman–Crippen LogP) is 3.34. The third-order valence-electron chi connectivity index (χ3n) is 5.59. The molecule has 0 bridgehead atoms. The first-order valence-electron chi connectivity index (χ1n) is 11.2. The van der Waals surface area contributed by atoms with Crippen LogP contribution in [-0.4, -0.2) is 27.6 Å². The summed E-state index contributed by atoms with van der Waals surface area (Å²) in [5, 5.41) is 3.03. The lowest BCUT2D eigenvalue weighted by Gasteiger charge is -2.15. The van der Waals surface area contributed by atoms with Gasteiger partial charge in [0, 0.05) is 0 Å². The molecule has 1 N–H and O–H groups in total. The van der Waals surface area contributed by atoms with Gasteiger partial charge in [0.2, 0.25) is 5.91 Å². The van der Waals surface area contributed by atoms with E-state index in [4.69, 9.17) is 4.74 Å². The molecule has 0 radical (unpaired) electrons. The molecule has 0 spiro atoms. The summed E-state index contributed by atoms with van der Waals surface area (Å²) < 4.78 is 7.46. The van der Waals surface area contributed by atoms with Crippen LogP contribution in [0.5, 0.6) is 0 Å². The third kappa shape index (κ3) is 5.06. The fourth-order valence-electron chi connectivity index (χ4n) is 3.85. The number of ether oxygens (including phenoxy) is 1. The summed E-state index contributed by atoms with van der Waals surface area (Å²) >= 11 is 0. The van der Waals surface area contributed by atoms with Gasteiger partial charge in [-0.1, -0.05) is 54.1 Å². The molecule has 1 aromatic heterocycles. The largest absolute Gasteiger partial charge is 0.462 e. The van der Waals surface area contributed by atoms with Gasteiger partial charge < -0.3 is 10.1 Å². The number of anilines is 1. The fourth-order valence-corrected chi connectivity index (χ4v) is 3.85. The van der Waals surface area contributed by atoms with Crippen molar-refractivity contribution in [3.05, 3.63) is 110 Å². The molecule has 3 aromatic carbocycles. The number of rotatable bonds is 7. The lowest BCUT2D eigenvalue weighted by molar-refractivity contribution is -0.116. The average Bonchev–Trinajstić information content (AvgIpc) is 2.86. The second-order valence-corrected chi connectivity index (χ2v) is 8.08. The van der Waals surface area contributed by atoms with Crippen molar-refractivity contribution >= 4 is 28.5 Å². The Labute approximate surface area is 201 Å². The first-order valence-corrected chi connectivity index (χ1v) is 11.2. The minimum atomic E-state index is -0.594. The van der Waals surface area contributed by atoms with Gasteiger partial charge in [-0.25, -0.2) is 9.59 Å². The monoisotopic (exact) mass is 471 g/mol. The second kappa shape index (κ2) is 10.2. The number of benzene rings is 3. The number of carbonyl (C=O) groups excluding carboxylic acids is 2. The van der Waals surface area contributed by atoms with Crippen LogP contribution in [0.25, 0.3) is 10.9 Å². The number of esters is 1. The Morgan fingerprint density at radius 1 is 0.886 bits per heavy atom. The van der Waals surface area contributed by atoms with E-state index in [1.807, 2.05) is 31.2 Å². The Balaban J connectivity index is 1.71. The fraction of sp³-hybridized carbons (Fsp3) is 0.185. The van der Waals surface area contributed by atoms with E-state index in [1.54, 1.807) is 55.5 Å². The highest BCUT2D eigenvalue weighted by Gasteiger charge is 2.18. The first kappa shape index (κ1) is 23.7. The second-order valence-electron chi connectivity index (χ2n) is 8.08. The minimum absolute atomic E-state index is 0.0795. The van der Waals surface area contributed by atoms with Gasteiger partial charge in [-0.2, -0.15) is 0 Å². The van der Waals surface area contributed by atoms with E-state index in [2.05, 4.69) is 5.32 Å². The molecule has 8 heteroatoms. The van der Waals surface area contributed by atoms with E-state index in [0.717, 1.165) is 15.7 Å². The Hall–Kier alpha value is -4.46. The zero-order valence-electron chi connectivity index (χ0n) is 19.5. The third-order valence-corrected chi connectivity index (χ3v) is 5.59. The molecule has 0 saturated carbocycles. The summed E-state index contributed by atoms with van der Waals surface area (Å²) in [5.74, 6) is -1.08. The van der Waals surface area contributed by atoms with Gasteiger partial charge >= 0.3 is 11.7 Å². The molecule has 0 unspecified atom stereocenters. The molecule has 0 aliphatic rings. The molecule has 4 rings (SSSR count). The maximum absolute atomic E-state index is 13.4. The SMILES string of the molecule is CCOC(=O)c1ccccc1NC(=O)Cn1c(=O)n(Cc2ccc(C)cc2)c(=O)c2ccccc21. The maximum atomic E-state index is 13.4.